The smallest absolute Gasteiger partial charge is 0.326 e. The number of amides is 3. The summed E-state index contributed by atoms with van der Waals surface area (Å²) in [7, 11) is 0. The standard InChI is InChI=1S/C23H22N6O3/c30-15-8-9-16-17(10-15)25-18(24-16)11-19-26-21-20(28(19)12-13-4-2-1-3-5-13)22(31)27-23(32)29(21)14-6-7-14/h1-5,8-10,14,20-21,30H,6-7,11-12H2,(H,24,25)(H,27,31,32). The molecule has 0 radical (unpaired) electrons. The van der Waals surface area contributed by atoms with Crippen molar-refractivity contribution in [3.05, 3.63) is 59.9 Å². The molecule has 2 unspecified atom stereocenters. The van der Waals surface area contributed by atoms with Crippen molar-refractivity contribution in [1.82, 2.24) is 25.1 Å². The van der Waals surface area contributed by atoms with Gasteiger partial charge in [0, 0.05) is 18.7 Å². The minimum Gasteiger partial charge on any atom is -0.508 e. The van der Waals surface area contributed by atoms with Crippen LogP contribution in [0.3, 0.4) is 0 Å². The number of carbonyl (C=O) groups excluding carboxylic acids is 2. The van der Waals surface area contributed by atoms with Crippen LogP contribution in [0.1, 0.15) is 24.2 Å². The van der Waals surface area contributed by atoms with E-state index >= 15 is 0 Å². The van der Waals surface area contributed by atoms with E-state index < -0.39 is 12.2 Å². The predicted molar refractivity (Wildman–Crippen MR) is 117 cm³/mol. The van der Waals surface area contributed by atoms with E-state index in [1.165, 1.54) is 0 Å². The summed E-state index contributed by atoms with van der Waals surface area (Å²) in [4.78, 5) is 42.0. The van der Waals surface area contributed by atoms with Crippen LogP contribution in [0.5, 0.6) is 5.75 Å². The zero-order valence-electron chi connectivity index (χ0n) is 17.2. The number of urea groups is 1. The van der Waals surface area contributed by atoms with E-state index in [-0.39, 0.29) is 23.7 Å². The summed E-state index contributed by atoms with van der Waals surface area (Å²) < 4.78 is 0. The normalized spacial score (nSPS) is 22.8. The molecule has 0 bridgehead atoms. The molecular formula is C23H22N6O3. The van der Waals surface area contributed by atoms with Gasteiger partial charge in [-0.25, -0.2) is 14.8 Å². The van der Waals surface area contributed by atoms with Crippen LogP contribution in [0, 0.1) is 0 Å². The molecule has 2 aliphatic heterocycles. The van der Waals surface area contributed by atoms with Crippen molar-refractivity contribution in [2.75, 3.05) is 0 Å². The van der Waals surface area contributed by atoms with E-state index in [9.17, 15) is 14.7 Å². The number of nitrogens with zero attached hydrogens (tertiary/aromatic N) is 4. The van der Waals surface area contributed by atoms with Crippen molar-refractivity contribution < 1.29 is 14.7 Å². The molecule has 6 rings (SSSR count). The van der Waals surface area contributed by atoms with Gasteiger partial charge in [-0.2, -0.15) is 0 Å². The monoisotopic (exact) mass is 430 g/mol. The predicted octanol–water partition coefficient (Wildman–Crippen LogP) is 2.13. The number of phenolic OH excluding ortho intramolecular Hbond substituents is 1. The fraction of sp³-hybridized carbons (Fsp3) is 0.304. The minimum absolute atomic E-state index is 0.131. The Balaban J connectivity index is 1.37. The maximum absolute atomic E-state index is 12.9. The molecule has 1 saturated heterocycles. The van der Waals surface area contributed by atoms with Crippen molar-refractivity contribution in [1.29, 1.82) is 0 Å². The molecule has 0 spiro atoms. The lowest BCUT2D eigenvalue weighted by atomic mass is 10.1. The summed E-state index contributed by atoms with van der Waals surface area (Å²) in [6, 6.07) is 14.1. The van der Waals surface area contributed by atoms with Crippen molar-refractivity contribution in [3.8, 4) is 5.75 Å². The topological polar surface area (TPSA) is 114 Å². The van der Waals surface area contributed by atoms with Crippen LogP contribution < -0.4 is 5.32 Å². The van der Waals surface area contributed by atoms with Crippen LogP contribution >= 0.6 is 0 Å². The number of carbonyl (C=O) groups is 2. The first-order valence-electron chi connectivity index (χ1n) is 10.7. The number of hydrogen-bond acceptors (Lipinski definition) is 6. The Morgan fingerprint density at radius 2 is 1.91 bits per heavy atom. The van der Waals surface area contributed by atoms with E-state index in [2.05, 4.69) is 15.3 Å². The Labute approximate surface area is 183 Å². The van der Waals surface area contributed by atoms with Crippen LogP contribution in [0.15, 0.2) is 53.5 Å². The number of nitrogens with one attached hydrogen (secondary N) is 2. The first kappa shape index (κ1) is 18.9. The highest BCUT2D eigenvalue weighted by atomic mass is 16.3. The average molecular weight is 430 g/mol. The van der Waals surface area contributed by atoms with Crippen LogP contribution in [0.4, 0.5) is 4.79 Å². The minimum atomic E-state index is -0.572. The fourth-order valence-corrected chi connectivity index (χ4v) is 4.61. The molecule has 2 atom stereocenters. The molecule has 3 heterocycles. The number of H-pyrrole nitrogens is 1. The second kappa shape index (κ2) is 7.08. The van der Waals surface area contributed by atoms with Gasteiger partial charge in [0.1, 0.15) is 17.4 Å². The summed E-state index contributed by atoms with van der Waals surface area (Å²) in [6.45, 7) is 0.502. The van der Waals surface area contributed by atoms with E-state index in [1.807, 2.05) is 35.2 Å². The maximum Gasteiger partial charge on any atom is 0.326 e. The molecule has 2 fully saturated rings. The number of phenols is 1. The van der Waals surface area contributed by atoms with Gasteiger partial charge in [0.25, 0.3) is 5.91 Å². The lowest BCUT2D eigenvalue weighted by molar-refractivity contribution is -0.127. The third-order valence-corrected chi connectivity index (χ3v) is 6.23. The number of aromatic amines is 1. The summed E-state index contributed by atoms with van der Waals surface area (Å²) in [6.07, 6.45) is 1.72. The largest absolute Gasteiger partial charge is 0.508 e. The van der Waals surface area contributed by atoms with Gasteiger partial charge in [0.15, 0.2) is 12.2 Å². The Kier molecular flexibility index (Phi) is 4.17. The SMILES string of the molecule is O=C1NC(=O)N(C2CC2)C2N=C(Cc3nc4ccc(O)cc4[nH]3)N(Cc3ccccc3)C12. The van der Waals surface area contributed by atoms with Crippen molar-refractivity contribution >= 4 is 28.8 Å². The number of aliphatic imine (C=N–C) groups is 1. The molecule has 3 N–H and O–H groups in total. The van der Waals surface area contributed by atoms with E-state index in [0.717, 1.165) is 29.4 Å². The zero-order chi connectivity index (χ0) is 21.8. The number of imidazole rings is 1. The second-order valence-electron chi connectivity index (χ2n) is 8.51. The molecule has 1 aromatic heterocycles. The molecule has 32 heavy (non-hydrogen) atoms. The van der Waals surface area contributed by atoms with E-state index in [0.29, 0.717) is 24.6 Å². The van der Waals surface area contributed by atoms with Crippen molar-refractivity contribution in [2.45, 2.75) is 44.1 Å². The number of benzene rings is 2. The van der Waals surface area contributed by atoms with Gasteiger partial charge in [0.05, 0.1) is 17.5 Å². The number of hydrogen-bond donors (Lipinski definition) is 3. The fourth-order valence-electron chi connectivity index (χ4n) is 4.61. The summed E-state index contributed by atoms with van der Waals surface area (Å²) in [5, 5.41) is 12.3. The summed E-state index contributed by atoms with van der Waals surface area (Å²) in [5.41, 5.74) is 2.53. The lowest BCUT2D eigenvalue weighted by Gasteiger charge is -2.38. The van der Waals surface area contributed by atoms with Gasteiger partial charge in [-0.15, -0.1) is 0 Å². The molecule has 1 saturated carbocycles. The number of rotatable bonds is 5. The van der Waals surface area contributed by atoms with Gasteiger partial charge in [0.2, 0.25) is 0 Å². The number of aromatic nitrogens is 2. The van der Waals surface area contributed by atoms with E-state index in [4.69, 9.17) is 4.99 Å². The first-order valence-corrected chi connectivity index (χ1v) is 10.7. The van der Waals surface area contributed by atoms with Crippen LogP contribution in [0.2, 0.25) is 0 Å². The number of amidine groups is 1. The Bertz CT molecular complexity index is 1250. The maximum atomic E-state index is 12.9. The van der Waals surface area contributed by atoms with Crippen LogP contribution in [-0.4, -0.2) is 60.9 Å². The van der Waals surface area contributed by atoms with Crippen molar-refractivity contribution in [3.63, 3.8) is 0 Å². The van der Waals surface area contributed by atoms with Crippen molar-refractivity contribution in [2.24, 2.45) is 4.99 Å². The lowest BCUT2D eigenvalue weighted by Crippen LogP contribution is -2.65. The number of fused-ring (bicyclic) bond motifs is 2. The molecule has 162 valence electrons. The second-order valence-corrected chi connectivity index (χ2v) is 8.51. The highest BCUT2D eigenvalue weighted by Gasteiger charge is 2.53. The molecular weight excluding hydrogens is 408 g/mol. The summed E-state index contributed by atoms with van der Waals surface area (Å²) >= 11 is 0. The van der Waals surface area contributed by atoms with Gasteiger partial charge in [-0.3, -0.25) is 15.0 Å². The highest BCUT2D eigenvalue weighted by molar-refractivity contribution is 6.04. The first-order chi connectivity index (χ1) is 15.6. The highest BCUT2D eigenvalue weighted by Crippen LogP contribution is 2.36. The van der Waals surface area contributed by atoms with Gasteiger partial charge in [-0.05, 0) is 30.5 Å². The van der Waals surface area contributed by atoms with E-state index in [1.54, 1.807) is 23.1 Å². The quantitative estimate of drug-likeness (QED) is 0.574. The Morgan fingerprint density at radius 1 is 1.09 bits per heavy atom. The van der Waals surface area contributed by atoms with Gasteiger partial charge in [-0.1, -0.05) is 30.3 Å². The zero-order valence-corrected chi connectivity index (χ0v) is 17.2. The van der Waals surface area contributed by atoms with Crippen LogP contribution in [0.25, 0.3) is 11.0 Å². The third-order valence-electron chi connectivity index (χ3n) is 6.23. The van der Waals surface area contributed by atoms with Gasteiger partial charge < -0.3 is 15.0 Å². The third kappa shape index (κ3) is 3.17. The molecule has 2 aromatic carbocycles. The molecule has 3 aliphatic rings. The van der Waals surface area contributed by atoms with Crippen LogP contribution in [-0.2, 0) is 17.8 Å². The average Bonchev–Trinajstić information content (AvgIpc) is 3.42. The van der Waals surface area contributed by atoms with Gasteiger partial charge >= 0.3 is 6.03 Å². The molecule has 3 aromatic rings. The number of aromatic hydroxyl groups is 1. The molecule has 9 heteroatoms. The molecule has 1 aliphatic carbocycles. The molecule has 9 nitrogen and oxygen atoms in total. The Hall–Kier alpha value is -3.88. The number of imide groups is 1. The Morgan fingerprint density at radius 3 is 2.69 bits per heavy atom. The summed E-state index contributed by atoms with van der Waals surface area (Å²) in [5.74, 6) is 1.24. The molecule has 3 amide bonds.